The Labute approximate surface area is 120 Å². The average Bonchev–Trinajstić information content (AvgIpc) is 2.48. The normalized spacial score (nSPS) is 20.8. The van der Waals surface area contributed by atoms with E-state index in [-0.39, 0.29) is 11.2 Å². The van der Waals surface area contributed by atoms with Crippen LogP contribution in [0.1, 0.15) is 33.3 Å². The molecule has 5 heteroatoms. The van der Waals surface area contributed by atoms with Crippen molar-refractivity contribution in [1.82, 2.24) is 5.32 Å². The minimum absolute atomic E-state index is 0.343. The lowest BCUT2D eigenvalue weighted by atomic mass is 9.78. The van der Waals surface area contributed by atoms with Crippen molar-refractivity contribution in [3.8, 4) is 0 Å². The molecule has 1 saturated heterocycles. The number of rotatable bonds is 3. The average molecular weight is 282 g/mol. The second-order valence-corrected chi connectivity index (χ2v) is 6.38. The minimum Gasteiger partial charge on any atom is -0.399 e. The molecule has 0 radical (unpaired) electrons. The van der Waals surface area contributed by atoms with Crippen molar-refractivity contribution < 1.29 is 9.31 Å². The van der Waals surface area contributed by atoms with Gasteiger partial charge in [0.1, 0.15) is 0 Å². The van der Waals surface area contributed by atoms with Gasteiger partial charge in [-0.05, 0) is 46.4 Å². The molecule has 19 heavy (non-hydrogen) atoms. The van der Waals surface area contributed by atoms with E-state index in [0.29, 0.717) is 5.02 Å². The van der Waals surface area contributed by atoms with Gasteiger partial charge in [0, 0.05) is 17.0 Å². The minimum atomic E-state index is -0.402. The van der Waals surface area contributed by atoms with Crippen molar-refractivity contribution >= 4 is 24.2 Å². The number of benzene rings is 1. The lowest BCUT2D eigenvalue weighted by Crippen LogP contribution is -2.41. The van der Waals surface area contributed by atoms with Gasteiger partial charge in [0.2, 0.25) is 0 Å². The van der Waals surface area contributed by atoms with Gasteiger partial charge in [0.25, 0.3) is 0 Å². The van der Waals surface area contributed by atoms with Crippen LogP contribution in [0.3, 0.4) is 0 Å². The summed E-state index contributed by atoms with van der Waals surface area (Å²) in [4.78, 5) is 0. The molecule has 1 heterocycles. The highest BCUT2D eigenvalue weighted by molar-refractivity contribution is 6.65. The number of hydrogen-bond acceptors (Lipinski definition) is 3. The van der Waals surface area contributed by atoms with Crippen LogP contribution in [0.4, 0.5) is 0 Å². The quantitative estimate of drug-likeness (QED) is 0.863. The van der Waals surface area contributed by atoms with E-state index in [1.807, 2.05) is 52.9 Å². The molecule has 1 aliphatic heterocycles. The molecule has 104 valence electrons. The first kappa shape index (κ1) is 14.9. The molecule has 2 rings (SSSR count). The van der Waals surface area contributed by atoms with Gasteiger partial charge in [-0.25, -0.2) is 0 Å². The maximum absolute atomic E-state index is 6.34. The molecule has 0 spiro atoms. The Kier molecular flexibility index (Phi) is 3.98. The predicted molar refractivity (Wildman–Crippen MR) is 79.9 cm³/mol. The van der Waals surface area contributed by atoms with Crippen LogP contribution in [0.15, 0.2) is 18.2 Å². The highest BCUT2D eigenvalue weighted by atomic mass is 35.5. The summed E-state index contributed by atoms with van der Waals surface area (Å²) in [5, 5.41) is 3.79. The SMILES string of the molecule is CNCc1ccc(B2OC(C)(C)C(C)(C)O2)c(Cl)c1. The number of nitrogens with one attached hydrogen (secondary N) is 1. The summed E-state index contributed by atoms with van der Waals surface area (Å²) in [5.41, 5.74) is 1.35. The van der Waals surface area contributed by atoms with E-state index < -0.39 is 7.12 Å². The van der Waals surface area contributed by atoms with Crippen LogP contribution in [-0.2, 0) is 15.9 Å². The molecule has 0 amide bonds. The largest absolute Gasteiger partial charge is 0.496 e. The van der Waals surface area contributed by atoms with Gasteiger partial charge >= 0.3 is 7.12 Å². The van der Waals surface area contributed by atoms with E-state index in [2.05, 4.69) is 5.32 Å². The molecule has 0 aromatic heterocycles. The molecule has 1 aromatic rings. The highest BCUT2D eigenvalue weighted by Crippen LogP contribution is 2.37. The van der Waals surface area contributed by atoms with Crippen molar-refractivity contribution in [2.75, 3.05) is 7.05 Å². The maximum atomic E-state index is 6.34. The molecule has 0 unspecified atom stereocenters. The Morgan fingerprint density at radius 2 is 1.74 bits per heavy atom. The fourth-order valence-electron chi connectivity index (χ4n) is 2.05. The maximum Gasteiger partial charge on any atom is 0.496 e. The highest BCUT2D eigenvalue weighted by Gasteiger charge is 2.52. The number of hydrogen-bond donors (Lipinski definition) is 1. The first-order valence-electron chi connectivity index (χ1n) is 6.55. The fourth-order valence-corrected chi connectivity index (χ4v) is 2.34. The van der Waals surface area contributed by atoms with Crippen molar-refractivity contribution in [2.45, 2.75) is 45.4 Å². The summed E-state index contributed by atoms with van der Waals surface area (Å²) in [6.07, 6.45) is 0. The van der Waals surface area contributed by atoms with Gasteiger partial charge in [-0.3, -0.25) is 0 Å². The summed E-state index contributed by atoms with van der Waals surface area (Å²) in [7, 11) is 1.51. The molecule has 1 aliphatic rings. The standard InChI is InChI=1S/C14H21BClNO2/c1-13(2)14(3,4)19-15(18-13)11-7-6-10(9-17-5)8-12(11)16/h6-8,17H,9H2,1-5H3. The Morgan fingerprint density at radius 3 is 2.21 bits per heavy atom. The Hall–Kier alpha value is -0.545. The molecule has 1 fully saturated rings. The van der Waals surface area contributed by atoms with Crippen LogP contribution in [0.5, 0.6) is 0 Å². The van der Waals surface area contributed by atoms with Gasteiger partial charge in [-0.15, -0.1) is 0 Å². The monoisotopic (exact) mass is 281 g/mol. The zero-order chi connectivity index (χ0) is 14.3. The smallest absolute Gasteiger partial charge is 0.399 e. The van der Waals surface area contributed by atoms with Gasteiger partial charge in [0.05, 0.1) is 11.2 Å². The zero-order valence-corrected chi connectivity index (χ0v) is 13.0. The first-order valence-corrected chi connectivity index (χ1v) is 6.93. The lowest BCUT2D eigenvalue weighted by Gasteiger charge is -2.32. The summed E-state index contributed by atoms with van der Waals surface area (Å²) in [5.74, 6) is 0. The number of halogens is 1. The van der Waals surface area contributed by atoms with Crippen LogP contribution >= 0.6 is 11.6 Å². The first-order chi connectivity index (χ1) is 8.77. The van der Waals surface area contributed by atoms with Crippen molar-refractivity contribution in [1.29, 1.82) is 0 Å². The van der Waals surface area contributed by atoms with Crippen LogP contribution in [0.2, 0.25) is 5.02 Å². The van der Waals surface area contributed by atoms with Crippen LogP contribution in [-0.4, -0.2) is 25.4 Å². The van der Waals surface area contributed by atoms with E-state index in [9.17, 15) is 0 Å². The van der Waals surface area contributed by atoms with Gasteiger partial charge in [-0.1, -0.05) is 23.7 Å². The summed E-state index contributed by atoms with van der Waals surface area (Å²) >= 11 is 6.34. The van der Waals surface area contributed by atoms with E-state index in [4.69, 9.17) is 20.9 Å². The van der Waals surface area contributed by atoms with E-state index in [1.54, 1.807) is 0 Å². The summed E-state index contributed by atoms with van der Waals surface area (Å²) < 4.78 is 12.0. The van der Waals surface area contributed by atoms with Crippen LogP contribution < -0.4 is 10.8 Å². The molecule has 0 saturated carbocycles. The molecule has 0 aliphatic carbocycles. The van der Waals surface area contributed by atoms with Crippen LogP contribution in [0.25, 0.3) is 0 Å². The van der Waals surface area contributed by atoms with Gasteiger partial charge in [0.15, 0.2) is 0 Å². The predicted octanol–water partition coefficient (Wildman–Crippen LogP) is 2.36. The lowest BCUT2D eigenvalue weighted by molar-refractivity contribution is 0.00578. The van der Waals surface area contributed by atoms with E-state index >= 15 is 0 Å². The Morgan fingerprint density at radius 1 is 1.16 bits per heavy atom. The fraction of sp³-hybridized carbons (Fsp3) is 0.571. The van der Waals surface area contributed by atoms with Gasteiger partial charge in [-0.2, -0.15) is 0 Å². The van der Waals surface area contributed by atoms with Crippen molar-refractivity contribution in [2.24, 2.45) is 0 Å². The Bertz CT molecular complexity index is 461. The second-order valence-electron chi connectivity index (χ2n) is 5.97. The molecule has 3 nitrogen and oxygen atoms in total. The van der Waals surface area contributed by atoms with Crippen LogP contribution in [0, 0.1) is 0 Å². The molecule has 0 bridgehead atoms. The molecular weight excluding hydrogens is 260 g/mol. The third-order valence-electron chi connectivity index (χ3n) is 3.95. The van der Waals surface area contributed by atoms with E-state index in [1.165, 1.54) is 0 Å². The molecule has 0 atom stereocenters. The van der Waals surface area contributed by atoms with E-state index in [0.717, 1.165) is 17.6 Å². The van der Waals surface area contributed by atoms with Gasteiger partial charge < -0.3 is 14.6 Å². The second kappa shape index (κ2) is 5.10. The third kappa shape index (κ3) is 2.82. The van der Waals surface area contributed by atoms with Crippen molar-refractivity contribution in [3.05, 3.63) is 28.8 Å². The van der Waals surface area contributed by atoms with Crippen molar-refractivity contribution in [3.63, 3.8) is 0 Å². The molecule has 1 aromatic carbocycles. The summed E-state index contributed by atoms with van der Waals surface area (Å²) in [6.45, 7) is 8.95. The molecule has 1 N–H and O–H groups in total. The Balaban J connectivity index is 2.25. The zero-order valence-electron chi connectivity index (χ0n) is 12.2. The third-order valence-corrected chi connectivity index (χ3v) is 4.28. The topological polar surface area (TPSA) is 30.5 Å². The summed E-state index contributed by atoms with van der Waals surface area (Å²) in [6, 6.07) is 5.98. The molecular formula is C14H21BClNO2.